The Morgan fingerprint density at radius 1 is 1.15 bits per heavy atom. The number of hydrogen-bond acceptors (Lipinski definition) is 3. The second-order valence-corrected chi connectivity index (χ2v) is 5.30. The highest BCUT2D eigenvalue weighted by Crippen LogP contribution is 2.37. The SMILES string of the molecule is COc1ccc(C(=O)c2cccc(Br)c2)c(OC)c1Cl. The molecule has 2 rings (SSSR count). The molecule has 0 spiro atoms. The predicted octanol–water partition coefficient (Wildman–Crippen LogP) is 4.35. The van der Waals surface area contributed by atoms with Gasteiger partial charge in [-0.3, -0.25) is 4.79 Å². The van der Waals surface area contributed by atoms with E-state index in [2.05, 4.69) is 15.9 Å². The van der Waals surface area contributed by atoms with Crippen LogP contribution in [0.5, 0.6) is 11.5 Å². The number of ether oxygens (including phenoxy) is 2. The van der Waals surface area contributed by atoms with Gasteiger partial charge in [-0.1, -0.05) is 39.7 Å². The summed E-state index contributed by atoms with van der Waals surface area (Å²) in [4.78, 5) is 12.5. The Morgan fingerprint density at radius 3 is 2.50 bits per heavy atom. The van der Waals surface area contributed by atoms with Gasteiger partial charge in [-0.15, -0.1) is 0 Å². The van der Waals surface area contributed by atoms with Gasteiger partial charge in [0.05, 0.1) is 19.8 Å². The molecule has 104 valence electrons. The van der Waals surface area contributed by atoms with Crippen molar-refractivity contribution in [3.8, 4) is 11.5 Å². The number of hydrogen-bond donors (Lipinski definition) is 0. The highest BCUT2D eigenvalue weighted by atomic mass is 79.9. The summed E-state index contributed by atoms with van der Waals surface area (Å²) in [5.41, 5.74) is 0.954. The van der Waals surface area contributed by atoms with Gasteiger partial charge in [-0.2, -0.15) is 0 Å². The maximum absolute atomic E-state index is 12.5. The van der Waals surface area contributed by atoms with Crippen LogP contribution in [0.3, 0.4) is 0 Å². The fraction of sp³-hybridized carbons (Fsp3) is 0.133. The second-order valence-electron chi connectivity index (χ2n) is 4.00. The summed E-state index contributed by atoms with van der Waals surface area (Å²) in [5.74, 6) is 0.623. The van der Waals surface area contributed by atoms with Crippen molar-refractivity contribution < 1.29 is 14.3 Å². The van der Waals surface area contributed by atoms with Crippen LogP contribution in [0.1, 0.15) is 15.9 Å². The lowest BCUT2D eigenvalue weighted by atomic mass is 10.0. The summed E-state index contributed by atoms with van der Waals surface area (Å²) in [6, 6.07) is 10.4. The number of benzene rings is 2. The number of methoxy groups -OCH3 is 2. The topological polar surface area (TPSA) is 35.5 Å². The van der Waals surface area contributed by atoms with E-state index in [1.165, 1.54) is 14.2 Å². The maximum Gasteiger partial charge on any atom is 0.196 e. The van der Waals surface area contributed by atoms with Crippen molar-refractivity contribution in [1.29, 1.82) is 0 Å². The molecule has 0 N–H and O–H groups in total. The Kier molecular flexibility index (Phi) is 4.68. The summed E-state index contributed by atoms with van der Waals surface area (Å²) in [6.07, 6.45) is 0. The van der Waals surface area contributed by atoms with E-state index in [9.17, 15) is 4.79 Å². The van der Waals surface area contributed by atoms with Crippen LogP contribution in [-0.4, -0.2) is 20.0 Å². The molecule has 0 amide bonds. The number of ketones is 1. The molecular formula is C15H12BrClO3. The molecule has 2 aromatic carbocycles. The van der Waals surface area contributed by atoms with Gasteiger partial charge >= 0.3 is 0 Å². The Balaban J connectivity index is 2.52. The van der Waals surface area contributed by atoms with Crippen LogP contribution in [-0.2, 0) is 0 Å². The number of carbonyl (C=O) groups excluding carboxylic acids is 1. The van der Waals surface area contributed by atoms with Crippen LogP contribution >= 0.6 is 27.5 Å². The first kappa shape index (κ1) is 14.9. The number of carbonyl (C=O) groups is 1. The molecular weight excluding hydrogens is 344 g/mol. The van der Waals surface area contributed by atoms with Gasteiger partial charge in [0.2, 0.25) is 0 Å². The van der Waals surface area contributed by atoms with Crippen LogP contribution in [0, 0.1) is 0 Å². The van der Waals surface area contributed by atoms with Crippen molar-refractivity contribution in [1.82, 2.24) is 0 Å². The molecule has 2 aromatic rings. The molecule has 0 aliphatic heterocycles. The lowest BCUT2D eigenvalue weighted by Gasteiger charge is -2.12. The van der Waals surface area contributed by atoms with Crippen molar-refractivity contribution in [3.63, 3.8) is 0 Å². The van der Waals surface area contributed by atoms with Crippen molar-refractivity contribution in [2.45, 2.75) is 0 Å². The third-order valence-corrected chi connectivity index (χ3v) is 3.67. The minimum Gasteiger partial charge on any atom is -0.495 e. The Hall–Kier alpha value is -1.52. The third kappa shape index (κ3) is 2.81. The predicted molar refractivity (Wildman–Crippen MR) is 82.1 cm³/mol. The van der Waals surface area contributed by atoms with E-state index < -0.39 is 0 Å². The smallest absolute Gasteiger partial charge is 0.196 e. The molecule has 0 saturated heterocycles. The molecule has 0 heterocycles. The zero-order valence-corrected chi connectivity index (χ0v) is 13.3. The van der Waals surface area contributed by atoms with E-state index >= 15 is 0 Å². The fourth-order valence-corrected chi connectivity index (χ4v) is 2.58. The molecule has 0 unspecified atom stereocenters. The summed E-state index contributed by atoms with van der Waals surface area (Å²) >= 11 is 9.51. The minimum atomic E-state index is -0.160. The van der Waals surface area contributed by atoms with Gasteiger partial charge in [0.25, 0.3) is 0 Å². The van der Waals surface area contributed by atoms with Crippen LogP contribution in [0.4, 0.5) is 0 Å². The van der Waals surface area contributed by atoms with Gasteiger partial charge in [0.15, 0.2) is 11.5 Å². The van der Waals surface area contributed by atoms with Crippen LogP contribution in [0.2, 0.25) is 5.02 Å². The zero-order valence-electron chi connectivity index (χ0n) is 10.9. The van der Waals surface area contributed by atoms with E-state index in [-0.39, 0.29) is 10.8 Å². The monoisotopic (exact) mass is 354 g/mol. The largest absolute Gasteiger partial charge is 0.495 e. The lowest BCUT2D eigenvalue weighted by Crippen LogP contribution is -2.05. The Morgan fingerprint density at radius 2 is 1.90 bits per heavy atom. The van der Waals surface area contributed by atoms with Gasteiger partial charge in [0, 0.05) is 10.0 Å². The number of halogens is 2. The molecule has 0 bridgehead atoms. The second kappa shape index (κ2) is 6.29. The highest BCUT2D eigenvalue weighted by Gasteiger charge is 2.19. The summed E-state index contributed by atoms with van der Waals surface area (Å²) < 4.78 is 11.2. The van der Waals surface area contributed by atoms with Gasteiger partial charge in [0.1, 0.15) is 10.8 Å². The quantitative estimate of drug-likeness (QED) is 0.765. The molecule has 3 nitrogen and oxygen atoms in total. The molecule has 0 aliphatic rings. The van der Waals surface area contributed by atoms with Gasteiger partial charge in [-0.25, -0.2) is 0 Å². The van der Waals surface area contributed by atoms with Crippen molar-refractivity contribution in [3.05, 3.63) is 57.0 Å². The normalized spacial score (nSPS) is 10.2. The Labute approximate surface area is 130 Å². The van der Waals surface area contributed by atoms with E-state index in [1.54, 1.807) is 30.3 Å². The summed E-state index contributed by atoms with van der Waals surface area (Å²) in [6.45, 7) is 0. The first-order valence-electron chi connectivity index (χ1n) is 5.79. The number of rotatable bonds is 4. The first-order valence-corrected chi connectivity index (χ1v) is 6.96. The van der Waals surface area contributed by atoms with Gasteiger partial charge < -0.3 is 9.47 Å². The minimum absolute atomic E-state index is 0.160. The molecule has 0 atom stereocenters. The third-order valence-electron chi connectivity index (χ3n) is 2.82. The van der Waals surface area contributed by atoms with Crippen molar-refractivity contribution in [2.75, 3.05) is 14.2 Å². The first-order chi connectivity index (χ1) is 9.58. The molecule has 0 aliphatic carbocycles. The van der Waals surface area contributed by atoms with E-state index in [0.29, 0.717) is 22.6 Å². The van der Waals surface area contributed by atoms with Gasteiger partial charge in [-0.05, 0) is 24.3 Å². The standard InChI is InChI=1S/C15H12BrClO3/c1-19-12-7-6-11(15(20-2)13(12)17)14(18)9-4-3-5-10(16)8-9/h3-8H,1-2H3. The van der Waals surface area contributed by atoms with E-state index in [0.717, 1.165) is 4.47 Å². The highest BCUT2D eigenvalue weighted by molar-refractivity contribution is 9.10. The van der Waals surface area contributed by atoms with Crippen LogP contribution in [0.15, 0.2) is 40.9 Å². The zero-order chi connectivity index (χ0) is 14.7. The van der Waals surface area contributed by atoms with Crippen LogP contribution in [0.25, 0.3) is 0 Å². The average molecular weight is 356 g/mol. The molecule has 0 fully saturated rings. The summed E-state index contributed by atoms with van der Waals surface area (Å²) in [5, 5.41) is 0.288. The van der Waals surface area contributed by atoms with Crippen molar-refractivity contribution in [2.24, 2.45) is 0 Å². The van der Waals surface area contributed by atoms with Crippen LogP contribution < -0.4 is 9.47 Å². The average Bonchev–Trinajstić information content (AvgIpc) is 2.46. The molecule has 0 aromatic heterocycles. The van der Waals surface area contributed by atoms with Crippen molar-refractivity contribution >= 4 is 33.3 Å². The maximum atomic E-state index is 12.5. The van der Waals surface area contributed by atoms with E-state index in [4.69, 9.17) is 21.1 Å². The molecule has 5 heteroatoms. The molecule has 0 radical (unpaired) electrons. The fourth-order valence-electron chi connectivity index (χ4n) is 1.86. The molecule has 20 heavy (non-hydrogen) atoms. The summed E-state index contributed by atoms with van der Waals surface area (Å²) in [7, 11) is 2.98. The van der Waals surface area contributed by atoms with E-state index in [1.807, 2.05) is 6.07 Å². The molecule has 0 saturated carbocycles. The lowest BCUT2D eigenvalue weighted by molar-refractivity contribution is 0.103. The Bertz CT molecular complexity index is 656.